The number of hydrogen-bond donors (Lipinski definition) is 0. The Kier molecular flexibility index (Phi) is 3.41. The molecule has 18 heavy (non-hydrogen) atoms. The number of carbonyl (C=O) groups excluding carboxylic acids is 1. The molecule has 1 saturated heterocycles. The van der Waals surface area contributed by atoms with Crippen LogP contribution < -0.4 is 4.90 Å². The third kappa shape index (κ3) is 2.01. The summed E-state index contributed by atoms with van der Waals surface area (Å²) in [5.74, 6) is 0. The van der Waals surface area contributed by atoms with Gasteiger partial charge in [-0.2, -0.15) is 0 Å². The molecular formula is C12H11ClN2O3. The third-order valence-electron chi connectivity index (χ3n) is 2.71. The lowest BCUT2D eigenvalue weighted by Crippen LogP contribution is -2.37. The molecule has 1 amide bonds. The monoisotopic (exact) mass is 266 g/mol. The Balaban J connectivity index is 2.39. The molecule has 2 rings (SSSR count). The van der Waals surface area contributed by atoms with Gasteiger partial charge in [0.25, 0.3) is 0 Å². The zero-order valence-corrected chi connectivity index (χ0v) is 10.6. The number of anilines is 1. The van der Waals surface area contributed by atoms with Gasteiger partial charge in [0.15, 0.2) is 6.23 Å². The summed E-state index contributed by atoms with van der Waals surface area (Å²) in [7, 11) is 1.51. The molecule has 0 aliphatic carbocycles. The quantitative estimate of drug-likeness (QED) is 0.772. The molecule has 0 radical (unpaired) electrons. The predicted molar refractivity (Wildman–Crippen MR) is 66.9 cm³/mol. The van der Waals surface area contributed by atoms with Crippen LogP contribution in [0.25, 0.3) is 4.85 Å². The molecular weight excluding hydrogens is 256 g/mol. The topological polar surface area (TPSA) is 43.1 Å². The Bertz CT molecular complexity index is 527. The molecule has 0 spiro atoms. The van der Waals surface area contributed by atoms with Crippen LogP contribution in [0, 0.1) is 6.57 Å². The van der Waals surface area contributed by atoms with Crippen LogP contribution in [0.5, 0.6) is 0 Å². The fourth-order valence-electron chi connectivity index (χ4n) is 1.87. The Morgan fingerprint density at radius 1 is 1.56 bits per heavy atom. The minimum absolute atomic E-state index is 0.296. The van der Waals surface area contributed by atoms with Gasteiger partial charge in [-0.25, -0.2) is 14.5 Å². The lowest BCUT2D eigenvalue weighted by Gasteiger charge is -2.22. The minimum Gasteiger partial charge on any atom is -0.441 e. The molecule has 1 aliphatic rings. The normalized spacial score (nSPS) is 22.8. The summed E-state index contributed by atoms with van der Waals surface area (Å²) in [6, 6.07) is 4.76. The maximum Gasteiger partial charge on any atom is 0.416 e. The Morgan fingerprint density at radius 2 is 2.28 bits per heavy atom. The van der Waals surface area contributed by atoms with Gasteiger partial charge in [0.2, 0.25) is 5.69 Å². The van der Waals surface area contributed by atoms with Crippen molar-refractivity contribution < 1.29 is 14.3 Å². The number of nitrogens with zero attached hydrogens (tertiary/aromatic N) is 2. The van der Waals surface area contributed by atoms with Crippen LogP contribution in [0.3, 0.4) is 0 Å². The molecule has 94 valence electrons. The zero-order chi connectivity index (χ0) is 13.3. The molecule has 1 aromatic carbocycles. The Morgan fingerprint density at radius 3 is 2.83 bits per heavy atom. The van der Waals surface area contributed by atoms with E-state index in [2.05, 4.69) is 4.85 Å². The summed E-state index contributed by atoms with van der Waals surface area (Å²) >= 11 is 5.95. The second-order valence-corrected chi connectivity index (χ2v) is 4.24. The van der Waals surface area contributed by atoms with Crippen molar-refractivity contribution in [1.82, 2.24) is 0 Å². The van der Waals surface area contributed by atoms with Gasteiger partial charge in [-0.05, 0) is 19.1 Å². The van der Waals surface area contributed by atoms with E-state index in [0.29, 0.717) is 16.4 Å². The summed E-state index contributed by atoms with van der Waals surface area (Å²) in [5.41, 5.74) is 0.892. The van der Waals surface area contributed by atoms with E-state index in [9.17, 15) is 4.79 Å². The summed E-state index contributed by atoms with van der Waals surface area (Å²) in [6.45, 7) is 8.67. The SMILES string of the molecule is [C-]#[N+]c1ccc(N2C(=O)O[C@@H](C)[C@@H]2OC)cc1Cl. The van der Waals surface area contributed by atoms with Crippen LogP contribution in [0.15, 0.2) is 18.2 Å². The van der Waals surface area contributed by atoms with Gasteiger partial charge in [0.05, 0.1) is 6.57 Å². The van der Waals surface area contributed by atoms with Gasteiger partial charge in [-0.1, -0.05) is 17.7 Å². The largest absolute Gasteiger partial charge is 0.441 e. The molecule has 0 saturated carbocycles. The highest BCUT2D eigenvalue weighted by Gasteiger charge is 2.40. The van der Waals surface area contributed by atoms with E-state index in [-0.39, 0.29) is 6.10 Å². The summed E-state index contributed by atoms with van der Waals surface area (Å²) in [5, 5.41) is 0.296. The van der Waals surface area contributed by atoms with Crippen LogP contribution in [0.1, 0.15) is 6.92 Å². The van der Waals surface area contributed by atoms with Crippen molar-refractivity contribution in [2.45, 2.75) is 19.3 Å². The maximum absolute atomic E-state index is 11.7. The Hall–Kier alpha value is -1.77. The van der Waals surface area contributed by atoms with Gasteiger partial charge >= 0.3 is 6.09 Å². The maximum atomic E-state index is 11.7. The van der Waals surface area contributed by atoms with Gasteiger partial charge in [0.1, 0.15) is 6.10 Å². The standard InChI is InChI=1S/C12H11ClN2O3/c1-7-11(17-3)15(12(16)18-7)8-4-5-10(14-2)9(13)6-8/h4-7,11H,1,3H3/t7-,11-/m0/s1. The van der Waals surface area contributed by atoms with Gasteiger partial charge in [-0.3, -0.25) is 0 Å². The Labute approximate surface area is 110 Å². The molecule has 1 heterocycles. The van der Waals surface area contributed by atoms with E-state index in [4.69, 9.17) is 27.6 Å². The molecule has 0 aromatic heterocycles. The van der Waals surface area contributed by atoms with Crippen molar-refractivity contribution in [3.8, 4) is 0 Å². The van der Waals surface area contributed by atoms with Crippen LogP contribution in [0.4, 0.5) is 16.2 Å². The molecule has 6 heteroatoms. The van der Waals surface area contributed by atoms with Crippen LogP contribution >= 0.6 is 11.6 Å². The number of ether oxygens (including phenoxy) is 2. The van der Waals surface area contributed by atoms with E-state index in [1.54, 1.807) is 25.1 Å². The molecule has 1 fully saturated rings. The van der Waals surface area contributed by atoms with Crippen LogP contribution in [-0.2, 0) is 9.47 Å². The number of halogens is 1. The molecule has 0 N–H and O–H groups in total. The van der Waals surface area contributed by atoms with Gasteiger partial charge < -0.3 is 9.47 Å². The number of rotatable bonds is 2. The lowest BCUT2D eigenvalue weighted by molar-refractivity contribution is 0.0392. The molecule has 2 atom stereocenters. The highest BCUT2D eigenvalue weighted by molar-refractivity contribution is 6.33. The lowest BCUT2D eigenvalue weighted by atomic mass is 10.2. The number of benzene rings is 1. The van der Waals surface area contributed by atoms with Gasteiger partial charge in [-0.15, -0.1) is 0 Å². The fraction of sp³-hybridized carbons (Fsp3) is 0.333. The molecule has 0 bridgehead atoms. The van der Waals surface area contributed by atoms with Crippen LogP contribution in [-0.4, -0.2) is 25.5 Å². The first-order chi connectivity index (χ1) is 8.58. The van der Waals surface area contributed by atoms with Crippen molar-refractivity contribution in [3.63, 3.8) is 0 Å². The molecule has 1 aliphatic heterocycles. The minimum atomic E-state index is -0.493. The first-order valence-corrected chi connectivity index (χ1v) is 5.66. The van der Waals surface area contributed by atoms with E-state index >= 15 is 0 Å². The highest BCUT2D eigenvalue weighted by Crippen LogP contribution is 2.33. The molecule has 5 nitrogen and oxygen atoms in total. The highest BCUT2D eigenvalue weighted by atomic mass is 35.5. The van der Waals surface area contributed by atoms with E-state index in [1.807, 2.05) is 0 Å². The number of amides is 1. The van der Waals surface area contributed by atoms with Gasteiger partial charge in [0, 0.05) is 17.8 Å². The number of carbonyl (C=O) groups is 1. The van der Waals surface area contributed by atoms with Crippen LogP contribution in [0.2, 0.25) is 5.02 Å². The third-order valence-corrected chi connectivity index (χ3v) is 3.01. The number of methoxy groups -OCH3 is 1. The molecule has 0 unspecified atom stereocenters. The predicted octanol–water partition coefficient (Wildman–Crippen LogP) is 3.21. The van der Waals surface area contributed by atoms with E-state index in [1.165, 1.54) is 12.0 Å². The number of hydrogen-bond acceptors (Lipinski definition) is 3. The summed E-state index contributed by atoms with van der Waals surface area (Å²) in [6.07, 6.45) is -1.34. The summed E-state index contributed by atoms with van der Waals surface area (Å²) in [4.78, 5) is 16.4. The molecule has 1 aromatic rings. The van der Waals surface area contributed by atoms with Crippen molar-refractivity contribution in [2.24, 2.45) is 0 Å². The van der Waals surface area contributed by atoms with Crippen molar-refractivity contribution in [1.29, 1.82) is 0 Å². The number of cyclic esters (lactones) is 1. The smallest absolute Gasteiger partial charge is 0.416 e. The van der Waals surface area contributed by atoms with Crippen molar-refractivity contribution in [2.75, 3.05) is 12.0 Å². The first kappa shape index (κ1) is 12.7. The first-order valence-electron chi connectivity index (χ1n) is 5.28. The van der Waals surface area contributed by atoms with E-state index in [0.717, 1.165) is 0 Å². The van der Waals surface area contributed by atoms with Crippen molar-refractivity contribution in [3.05, 3.63) is 34.6 Å². The van der Waals surface area contributed by atoms with E-state index < -0.39 is 12.3 Å². The summed E-state index contributed by atoms with van der Waals surface area (Å²) < 4.78 is 10.3. The van der Waals surface area contributed by atoms with Crippen molar-refractivity contribution >= 4 is 29.1 Å². The zero-order valence-electron chi connectivity index (χ0n) is 9.88. The fourth-order valence-corrected chi connectivity index (χ4v) is 2.09. The average Bonchev–Trinajstić information content (AvgIpc) is 2.63. The second-order valence-electron chi connectivity index (χ2n) is 3.83. The average molecular weight is 267 g/mol. The second kappa shape index (κ2) is 4.84.